The quantitative estimate of drug-likeness (QED) is 0.572. The number of carbonyl (C=O) groups excluding carboxylic acids is 1. The van der Waals surface area contributed by atoms with Gasteiger partial charge in [0.05, 0.1) is 19.7 Å². The molecule has 0 fully saturated rings. The first-order chi connectivity index (χ1) is 6.79. The van der Waals surface area contributed by atoms with Crippen molar-refractivity contribution in [2.75, 3.05) is 25.4 Å². The number of hydrogen-bond donors (Lipinski definition) is 1. The molecule has 0 saturated carbocycles. The van der Waals surface area contributed by atoms with Crippen LogP contribution in [0.4, 0.5) is 4.79 Å². The molecule has 0 saturated heterocycles. The molecule has 0 aromatic heterocycles. The Kier molecular flexibility index (Phi) is 4.79. The Morgan fingerprint density at radius 3 is 3.14 bits per heavy atom. The number of amidine groups is 1. The Hall–Kier alpha value is -0.710. The standard InChI is InChI=1S/C9H16N2O2S/c1-2-3-6-13-9(12)11-5-4-10-8(11)7-14/h14H,2-7H2,1H3. The summed E-state index contributed by atoms with van der Waals surface area (Å²) in [4.78, 5) is 17.2. The van der Waals surface area contributed by atoms with Crippen LogP contribution in [0.1, 0.15) is 19.8 Å². The zero-order valence-corrected chi connectivity index (χ0v) is 9.30. The number of unbranched alkanes of at least 4 members (excludes halogenated alkanes) is 1. The number of hydrogen-bond acceptors (Lipinski definition) is 4. The molecule has 0 aliphatic carbocycles. The van der Waals surface area contributed by atoms with Gasteiger partial charge in [0.25, 0.3) is 0 Å². The number of carbonyl (C=O) groups is 1. The van der Waals surface area contributed by atoms with Crippen molar-refractivity contribution in [2.24, 2.45) is 4.99 Å². The summed E-state index contributed by atoms with van der Waals surface area (Å²) >= 11 is 4.10. The first kappa shape index (κ1) is 11.4. The lowest BCUT2D eigenvalue weighted by molar-refractivity contribution is 0.123. The van der Waals surface area contributed by atoms with E-state index in [1.54, 1.807) is 4.90 Å². The van der Waals surface area contributed by atoms with Gasteiger partial charge < -0.3 is 4.74 Å². The van der Waals surface area contributed by atoms with Gasteiger partial charge in [0.2, 0.25) is 0 Å². The lowest BCUT2D eigenvalue weighted by Gasteiger charge is -2.16. The molecule has 1 aliphatic heterocycles. The number of ether oxygens (including phenoxy) is 1. The SMILES string of the molecule is CCCCOC(=O)N1CCN=C1CS. The molecule has 0 unspecified atom stereocenters. The molecule has 80 valence electrons. The second kappa shape index (κ2) is 5.90. The molecule has 1 rings (SSSR count). The van der Waals surface area contributed by atoms with Gasteiger partial charge in [0, 0.05) is 5.75 Å². The third-order valence-corrected chi connectivity index (χ3v) is 2.30. The summed E-state index contributed by atoms with van der Waals surface area (Å²) < 4.78 is 5.07. The Labute approximate surface area is 89.7 Å². The first-order valence-electron chi connectivity index (χ1n) is 4.88. The molecule has 14 heavy (non-hydrogen) atoms. The summed E-state index contributed by atoms with van der Waals surface area (Å²) in [6, 6.07) is 0. The summed E-state index contributed by atoms with van der Waals surface area (Å²) in [7, 11) is 0. The highest BCUT2D eigenvalue weighted by Gasteiger charge is 2.23. The summed E-state index contributed by atoms with van der Waals surface area (Å²) in [5.74, 6) is 1.21. The maximum atomic E-state index is 11.5. The second-order valence-corrected chi connectivity index (χ2v) is 3.39. The van der Waals surface area contributed by atoms with Crippen LogP contribution in [0.15, 0.2) is 4.99 Å². The average molecular weight is 216 g/mol. The monoisotopic (exact) mass is 216 g/mol. The highest BCUT2D eigenvalue weighted by molar-refractivity contribution is 7.81. The van der Waals surface area contributed by atoms with E-state index < -0.39 is 0 Å². The zero-order chi connectivity index (χ0) is 10.4. The van der Waals surface area contributed by atoms with Crippen LogP contribution in [0.5, 0.6) is 0 Å². The molecule has 1 heterocycles. The normalized spacial score (nSPS) is 15.6. The fourth-order valence-electron chi connectivity index (χ4n) is 1.21. The van der Waals surface area contributed by atoms with E-state index in [9.17, 15) is 4.79 Å². The average Bonchev–Trinajstić information content (AvgIpc) is 2.65. The highest BCUT2D eigenvalue weighted by atomic mass is 32.1. The maximum Gasteiger partial charge on any atom is 0.415 e. The molecule has 0 aromatic carbocycles. The molecular formula is C9H16N2O2S. The molecule has 0 bridgehead atoms. The molecule has 0 aromatic rings. The first-order valence-corrected chi connectivity index (χ1v) is 5.51. The van der Waals surface area contributed by atoms with Crippen LogP contribution >= 0.6 is 12.6 Å². The van der Waals surface area contributed by atoms with E-state index in [0.29, 0.717) is 25.4 Å². The van der Waals surface area contributed by atoms with Gasteiger partial charge >= 0.3 is 6.09 Å². The van der Waals surface area contributed by atoms with Gasteiger partial charge in [0.1, 0.15) is 5.84 Å². The summed E-state index contributed by atoms with van der Waals surface area (Å²) in [6.45, 7) is 3.84. The molecule has 1 amide bonds. The Balaban J connectivity index is 2.33. The largest absolute Gasteiger partial charge is 0.449 e. The minimum Gasteiger partial charge on any atom is -0.449 e. The van der Waals surface area contributed by atoms with E-state index in [4.69, 9.17) is 4.74 Å². The van der Waals surface area contributed by atoms with E-state index in [0.717, 1.165) is 18.7 Å². The summed E-state index contributed by atoms with van der Waals surface area (Å²) in [5, 5.41) is 0. The molecular weight excluding hydrogens is 200 g/mol. The maximum absolute atomic E-state index is 11.5. The van der Waals surface area contributed by atoms with Crippen molar-refractivity contribution < 1.29 is 9.53 Å². The smallest absolute Gasteiger partial charge is 0.415 e. The fraction of sp³-hybridized carbons (Fsp3) is 0.778. The molecule has 5 heteroatoms. The lowest BCUT2D eigenvalue weighted by atomic mass is 10.4. The minimum absolute atomic E-state index is 0.288. The number of nitrogens with zero attached hydrogens (tertiary/aromatic N) is 2. The summed E-state index contributed by atoms with van der Waals surface area (Å²) in [6.07, 6.45) is 1.65. The molecule has 0 radical (unpaired) electrons. The van der Waals surface area contributed by atoms with Gasteiger partial charge in [-0.1, -0.05) is 13.3 Å². The predicted molar refractivity (Wildman–Crippen MR) is 59.1 cm³/mol. The molecule has 0 spiro atoms. The van der Waals surface area contributed by atoms with Crippen molar-refractivity contribution in [1.82, 2.24) is 4.90 Å². The van der Waals surface area contributed by atoms with Gasteiger partial charge in [-0.25, -0.2) is 4.79 Å². The van der Waals surface area contributed by atoms with Crippen LogP contribution in [0, 0.1) is 0 Å². The Bertz CT molecular complexity index is 231. The zero-order valence-electron chi connectivity index (χ0n) is 8.40. The van der Waals surface area contributed by atoms with Crippen LogP contribution in [0.25, 0.3) is 0 Å². The van der Waals surface area contributed by atoms with E-state index in [2.05, 4.69) is 24.5 Å². The fourth-order valence-corrected chi connectivity index (χ4v) is 1.48. The van der Waals surface area contributed by atoms with Crippen molar-refractivity contribution in [2.45, 2.75) is 19.8 Å². The van der Waals surface area contributed by atoms with Crippen LogP contribution < -0.4 is 0 Å². The van der Waals surface area contributed by atoms with Gasteiger partial charge in [0.15, 0.2) is 0 Å². The van der Waals surface area contributed by atoms with Crippen molar-refractivity contribution in [1.29, 1.82) is 0 Å². The van der Waals surface area contributed by atoms with Crippen molar-refractivity contribution >= 4 is 24.6 Å². The van der Waals surface area contributed by atoms with Crippen LogP contribution in [0.2, 0.25) is 0 Å². The number of thiol groups is 1. The molecule has 4 nitrogen and oxygen atoms in total. The third kappa shape index (κ3) is 2.90. The summed E-state index contributed by atoms with van der Waals surface area (Å²) in [5.41, 5.74) is 0. The Morgan fingerprint density at radius 1 is 1.71 bits per heavy atom. The molecule has 0 atom stereocenters. The number of aliphatic imine (C=N–C) groups is 1. The third-order valence-electron chi connectivity index (χ3n) is 2.01. The van der Waals surface area contributed by atoms with Crippen LogP contribution in [0.3, 0.4) is 0 Å². The minimum atomic E-state index is -0.288. The van der Waals surface area contributed by atoms with Crippen LogP contribution in [-0.4, -0.2) is 42.3 Å². The second-order valence-electron chi connectivity index (χ2n) is 3.08. The predicted octanol–water partition coefficient (Wildman–Crippen LogP) is 1.57. The number of amides is 1. The van der Waals surface area contributed by atoms with Crippen molar-refractivity contribution in [3.05, 3.63) is 0 Å². The molecule has 0 N–H and O–H groups in total. The van der Waals surface area contributed by atoms with Crippen LogP contribution in [-0.2, 0) is 4.74 Å². The lowest BCUT2D eigenvalue weighted by Crippen LogP contribution is -2.35. The number of rotatable bonds is 4. The van der Waals surface area contributed by atoms with E-state index in [1.807, 2.05) is 0 Å². The van der Waals surface area contributed by atoms with E-state index in [-0.39, 0.29) is 6.09 Å². The van der Waals surface area contributed by atoms with Gasteiger partial charge in [-0.3, -0.25) is 9.89 Å². The van der Waals surface area contributed by atoms with E-state index in [1.165, 1.54) is 0 Å². The van der Waals surface area contributed by atoms with Gasteiger partial charge in [-0.05, 0) is 6.42 Å². The highest BCUT2D eigenvalue weighted by Crippen LogP contribution is 2.06. The van der Waals surface area contributed by atoms with E-state index >= 15 is 0 Å². The topological polar surface area (TPSA) is 41.9 Å². The van der Waals surface area contributed by atoms with Gasteiger partial charge in [-0.2, -0.15) is 12.6 Å². The Morgan fingerprint density at radius 2 is 2.50 bits per heavy atom. The van der Waals surface area contributed by atoms with Crippen molar-refractivity contribution in [3.8, 4) is 0 Å². The molecule has 1 aliphatic rings. The van der Waals surface area contributed by atoms with Crippen molar-refractivity contribution in [3.63, 3.8) is 0 Å². The van der Waals surface area contributed by atoms with Gasteiger partial charge in [-0.15, -0.1) is 0 Å².